The van der Waals surface area contributed by atoms with Crippen LogP contribution in [0.15, 0.2) is 36.7 Å². The van der Waals surface area contributed by atoms with Crippen molar-refractivity contribution in [2.24, 2.45) is 0 Å². The number of aromatic nitrogens is 2. The summed E-state index contributed by atoms with van der Waals surface area (Å²) in [5.74, 6) is -0.297. The second-order valence-corrected chi connectivity index (χ2v) is 8.00. The predicted octanol–water partition coefficient (Wildman–Crippen LogP) is 3.00. The van der Waals surface area contributed by atoms with E-state index in [4.69, 9.17) is 9.47 Å². The number of amides is 2. The number of methoxy groups -OCH3 is 1. The molecule has 8 nitrogen and oxygen atoms in total. The molecule has 0 bridgehead atoms. The average molecular weight is 400 g/mol. The van der Waals surface area contributed by atoms with Crippen molar-refractivity contribution in [3.8, 4) is 0 Å². The molecule has 0 spiro atoms. The summed E-state index contributed by atoms with van der Waals surface area (Å²) in [6.07, 6.45) is 3.50. The van der Waals surface area contributed by atoms with Crippen molar-refractivity contribution in [2.75, 3.05) is 25.6 Å². The quantitative estimate of drug-likeness (QED) is 0.834. The third kappa shape index (κ3) is 5.14. The molecule has 1 aliphatic heterocycles. The fourth-order valence-corrected chi connectivity index (χ4v) is 3.31. The van der Waals surface area contributed by atoms with Crippen molar-refractivity contribution in [3.05, 3.63) is 47.8 Å². The summed E-state index contributed by atoms with van der Waals surface area (Å²) in [7, 11) is 1.62. The van der Waals surface area contributed by atoms with Gasteiger partial charge in [-0.2, -0.15) is 5.10 Å². The van der Waals surface area contributed by atoms with Crippen LogP contribution in [0.2, 0.25) is 0 Å². The van der Waals surface area contributed by atoms with Gasteiger partial charge in [-0.05, 0) is 38.3 Å². The predicted molar refractivity (Wildman–Crippen MR) is 109 cm³/mol. The maximum Gasteiger partial charge on any atom is 0.411 e. The summed E-state index contributed by atoms with van der Waals surface area (Å²) in [5.41, 5.74) is 1.80. The zero-order chi connectivity index (χ0) is 21.0. The molecule has 1 N–H and O–H groups in total. The number of anilines is 1. The standard InChI is InChI=1S/C21H28N4O4/c1-21(2,3)29-20(27)25-10-9-15-7-5-6-8-17(15)18(25)19(26)23-16-13-22-24(14-16)11-12-28-4/h5-8,13-14,18H,9-12H2,1-4H3,(H,23,26). The molecule has 2 amide bonds. The Morgan fingerprint density at radius 2 is 2.03 bits per heavy atom. The Hall–Kier alpha value is -2.87. The van der Waals surface area contributed by atoms with E-state index in [1.807, 2.05) is 45.0 Å². The molecule has 1 unspecified atom stereocenters. The molecule has 0 fully saturated rings. The first-order valence-corrected chi connectivity index (χ1v) is 9.68. The van der Waals surface area contributed by atoms with E-state index >= 15 is 0 Å². The number of nitrogens with zero attached hydrogens (tertiary/aromatic N) is 3. The highest BCUT2D eigenvalue weighted by Crippen LogP contribution is 2.32. The first-order chi connectivity index (χ1) is 13.8. The Morgan fingerprint density at radius 3 is 2.76 bits per heavy atom. The van der Waals surface area contributed by atoms with Gasteiger partial charge in [0.2, 0.25) is 0 Å². The van der Waals surface area contributed by atoms with Crippen LogP contribution in [0, 0.1) is 0 Å². The fraction of sp³-hybridized carbons (Fsp3) is 0.476. The van der Waals surface area contributed by atoms with Gasteiger partial charge < -0.3 is 14.8 Å². The van der Waals surface area contributed by atoms with Crippen molar-refractivity contribution in [1.82, 2.24) is 14.7 Å². The van der Waals surface area contributed by atoms with E-state index in [1.54, 1.807) is 24.2 Å². The van der Waals surface area contributed by atoms with Gasteiger partial charge in [-0.15, -0.1) is 0 Å². The molecule has 1 aromatic carbocycles. The van der Waals surface area contributed by atoms with E-state index in [-0.39, 0.29) is 5.91 Å². The normalized spacial score (nSPS) is 16.3. The summed E-state index contributed by atoms with van der Waals surface area (Å²) >= 11 is 0. The van der Waals surface area contributed by atoms with E-state index in [9.17, 15) is 9.59 Å². The lowest BCUT2D eigenvalue weighted by atomic mass is 9.92. The molecule has 8 heteroatoms. The monoisotopic (exact) mass is 400 g/mol. The number of carbonyl (C=O) groups is 2. The number of fused-ring (bicyclic) bond motifs is 1. The van der Waals surface area contributed by atoms with Crippen LogP contribution in [0.5, 0.6) is 0 Å². The van der Waals surface area contributed by atoms with E-state index in [0.717, 1.165) is 11.1 Å². The molecular formula is C21H28N4O4. The molecule has 1 aromatic heterocycles. The Bertz CT molecular complexity index is 872. The zero-order valence-corrected chi connectivity index (χ0v) is 17.3. The van der Waals surface area contributed by atoms with Crippen LogP contribution >= 0.6 is 0 Å². The van der Waals surface area contributed by atoms with Gasteiger partial charge in [-0.1, -0.05) is 24.3 Å². The van der Waals surface area contributed by atoms with Crippen LogP contribution in [0.3, 0.4) is 0 Å². The van der Waals surface area contributed by atoms with Crippen molar-refractivity contribution in [2.45, 2.75) is 45.4 Å². The Labute approximate surface area is 170 Å². The Morgan fingerprint density at radius 1 is 1.28 bits per heavy atom. The lowest BCUT2D eigenvalue weighted by molar-refractivity contribution is -0.121. The van der Waals surface area contributed by atoms with E-state index < -0.39 is 17.7 Å². The lowest BCUT2D eigenvalue weighted by Crippen LogP contribution is -2.47. The van der Waals surface area contributed by atoms with Gasteiger partial charge in [0.25, 0.3) is 5.91 Å². The van der Waals surface area contributed by atoms with Crippen LogP contribution in [-0.4, -0.2) is 52.5 Å². The highest BCUT2D eigenvalue weighted by molar-refractivity contribution is 5.97. The number of rotatable bonds is 5. The molecule has 3 rings (SSSR count). The molecule has 0 aliphatic carbocycles. The molecule has 0 saturated carbocycles. The van der Waals surface area contributed by atoms with Crippen molar-refractivity contribution < 1.29 is 19.1 Å². The lowest BCUT2D eigenvalue weighted by Gasteiger charge is -2.37. The maximum absolute atomic E-state index is 13.2. The van der Waals surface area contributed by atoms with Crippen molar-refractivity contribution in [1.29, 1.82) is 0 Å². The SMILES string of the molecule is COCCn1cc(NC(=O)C2c3ccccc3CCN2C(=O)OC(C)(C)C)cn1. The molecule has 1 aliphatic rings. The molecule has 156 valence electrons. The van der Waals surface area contributed by atoms with Crippen LogP contribution in [0.1, 0.15) is 37.9 Å². The van der Waals surface area contributed by atoms with Gasteiger partial charge in [-0.3, -0.25) is 14.4 Å². The highest BCUT2D eigenvalue weighted by Gasteiger charge is 2.38. The molecule has 29 heavy (non-hydrogen) atoms. The molecular weight excluding hydrogens is 372 g/mol. The second kappa shape index (κ2) is 8.65. The molecule has 0 radical (unpaired) electrons. The van der Waals surface area contributed by atoms with Crippen molar-refractivity contribution >= 4 is 17.7 Å². The van der Waals surface area contributed by atoms with Gasteiger partial charge in [0.1, 0.15) is 11.6 Å². The topological polar surface area (TPSA) is 85.7 Å². The first kappa shape index (κ1) is 20.9. The third-order valence-corrected chi connectivity index (χ3v) is 4.59. The summed E-state index contributed by atoms with van der Waals surface area (Å²) in [5, 5.41) is 7.10. The summed E-state index contributed by atoms with van der Waals surface area (Å²) in [6, 6.07) is 6.93. The first-order valence-electron chi connectivity index (χ1n) is 9.68. The van der Waals surface area contributed by atoms with E-state index in [0.29, 0.717) is 31.8 Å². The second-order valence-electron chi connectivity index (χ2n) is 8.00. The van der Waals surface area contributed by atoms with Crippen LogP contribution in [-0.2, 0) is 27.2 Å². The molecule has 1 atom stereocenters. The average Bonchev–Trinajstić information content (AvgIpc) is 3.11. The maximum atomic E-state index is 13.2. The third-order valence-electron chi connectivity index (χ3n) is 4.59. The van der Waals surface area contributed by atoms with Crippen LogP contribution in [0.4, 0.5) is 10.5 Å². The summed E-state index contributed by atoms with van der Waals surface area (Å²) in [4.78, 5) is 27.5. The van der Waals surface area contributed by atoms with Gasteiger partial charge in [0.05, 0.1) is 25.0 Å². The fourth-order valence-electron chi connectivity index (χ4n) is 3.31. The van der Waals surface area contributed by atoms with E-state index in [1.165, 1.54) is 4.90 Å². The van der Waals surface area contributed by atoms with Crippen LogP contribution < -0.4 is 5.32 Å². The highest BCUT2D eigenvalue weighted by atomic mass is 16.6. The molecule has 2 heterocycles. The number of hydrogen-bond donors (Lipinski definition) is 1. The van der Waals surface area contributed by atoms with Gasteiger partial charge >= 0.3 is 6.09 Å². The van der Waals surface area contributed by atoms with E-state index in [2.05, 4.69) is 10.4 Å². The number of nitrogens with one attached hydrogen (secondary N) is 1. The largest absolute Gasteiger partial charge is 0.444 e. The number of hydrogen-bond acceptors (Lipinski definition) is 5. The number of ether oxygens (including phenoxy) is 2. The smallest absolute Gasteiger partial charge is 0.411 e. The minimum Gasteiger partial charge on any atom is -0.444 e. The Kier molecular flexibility index (Phi) is 6.22. The summed E-state index contributed by atoms with van der Waals surface area (Å²) in [6.45, 7) is 6.96. The Balaban J connectivity index is 1.83. The van der Waals surface area contributed by atoms with Gasteiger partial charge in [-0.25, -0.2) is 4.79 Å². The van der Waals surface area contributed by atoms with Crippen molar-refractivity contribution in [3.63, 3.8) is 0 Å². The minimum atomic E-state index is -0.767. The van der Waals surface area contributed by atoms with Crippen LogP contribution in [0.25, 0.3) is 0 Å². The minimum absolute atomic E-state index is 0.297. The number of benzene rings is 1. The molecule has 0 saturated heterocycles. The zero-order valence-electron chi connectivity index (χ0n) is 17.3. The number of carbonyl (C=O) groups excluding carboxylic acids is 2. The summed E-state index contributed by atoms with van der Waals surface area (Å²) < 4.78 is 12.3. The van der Waals surface area contributed by atoms with Gasteiger partial charge in [0, 0.05) is 19.9 Å². The van der Waals surface area contributed by atoms with Gasteiger partial charge in [0.15, 0.2) is 0 Å². The molecule has 2 aromatic rings.